The molecule has 0 aromatic carbocycles. The van der Waals surface area contributed by atoms with E-state index in [-0.39, 0.29) is 0 Å². The molecule has 0 radical (unpaired) electrons. The third-order valence-electron chi connectivity index (χ3n) is 3.46. The third-order valence-corrected chi connectivity index (χ3v) is 3.46. The fourth-order valence-corrected chi connectivity index (χ4v) is 2.34. The second kappa shape index (κ2) is 4.37. The Morgan fingerprint density at radius 1 is 1.24 bits per heavy atom. The SMILES string of the molecule is CN1CCC(c2ncc3cccnc3n2)CC1. The minimum absolute atomic E-state index is 0.498. The van der Waals surface area contributed by atoms with Gasteiger partial charge in [-0.25, -0.2) is 15.0 Å². The molecule has 88 valence electrons. The lowest BCUT2D eigenvalue weighted by Crippen LogP contribution is -2.29. The Labute approximate surface area is 101 Å². The molecule has 1 saturated heterocycles. The molecule has 4 heteroatoms. The second-order valence-electron chi connectivity index (χ2n) is 4.72. The van der Waals surface area contributed by atoms with E-state index in [0.29, 0.717) is 5.92 Å². The highest BCUT2D eigenvalue weighted by molar-refractivity contribution is 5.72. The molecule has 3 rings (SSSR count). The molecule has 1 aliphatic rings. The molecular weight excluding hydrogens is 212 g/mol. The first-order valence-corrected chi connectivity index (χ1v) is 6.09. The van der Waals surface area contributed by atoms with Crippen LogP contribution < -0.4 is 0 Å². The zero-order chi connectivity index (χ0) is 11.7. The number of aromatic nitrogens is 3. The lowest BCUT2D eigenvalue weighted by atomic mass is 9.96. The lowest BCUT2D eigenvalue weighted by Gasteiger charge is -2.27. The van der Waals surface area contributed by atoms with E-state index >= 15 is 0 Å². The Hall–Kier alpha value is -1.55. The summed E-state index contributed by atoms with van der Waals surface area (Å²) >= 11 is 0. The molecule has 17 heavy (non-hydrogen) atoms. The summed E-state index contributed by atoms with van der Waals surface area (Å²) in [6.07, 6.45) is 5.97. The largest absolute Gasteiger partial charge is 0.306 e. The number of fused-ring (bicyclic) bond motifs is 1. The van der Waals surface area contributed by atoms with Gasteiger partial charge >= 0.3 is 0 Å². The summed E-state index contributed by atoms with van der Waals surface area (Å²) < 4.78 is 0. The highest BCUT2D eigenvalue weighted by Crippen LogP contribution is 2.25. The molecule has 4 nitrogen and oxygen atoms in total. The van der Waals surface area contributed by atoms with Crippen LogP contribution in [0.1, 0.15) is 24.6 Å². The number of piperidine rings is 1. The smallest absolute Gasteiger partial charge is 0.162 e. The topological polar surface area (TPSA) is 41.9 Å². The van der Waals surface area contributed by atoms with Crippen molar-refractivity contribution in [1.29, 1.82) is 0 Å². The van der Waals surface area contributed by atoms with Crippen LogP contribution in [0.4, 0.5) is 0 Å². The monoisotopic (exact) mass is 228 g/mol. The van der Waals surface area contributed by atoms with Crippen molar-refractivity contribution in [2.75, 3.05) is 20.1 Å². The highest BCUT2D eigenvalue weighted by atomic mass is 15.1. The van der Waals surface area contributed by atoms with Gasteiger partial charge in [-0.2, -0.15) is 0 Å². The van der Waals surface area contributed by atoms with E-state index in [1.807, 2.05) is 18.3 Å². The van der Waals surface area contributed by atoms with Gasteiger partial charge in [0.15, 0.2) is 5.65 Å². The zero-order valence-electron chi connectivity index (χ0n) is 10.0. The first kappa shape index (κ1) is 10.6. The number of likely N-dealkylation sites (tertiary alicyclic amines) is 1. The van der Waals surface area contributed by atoms with Gasteiger partial charge in [0.25, 0.3) is 0 Å². The molecule has 0 bridgehead atoms. The van der Waals surface area contributed by atoms with E-state index in [1.165, 1.54) is 0 Å². The van der Waals surface area contributed by atoms with Crippen LogP contribution in [-0.2, 0) is 0 Å². The molecule has 1 aliphatic heterocycles. The standard InChI is InChI=1S/C13H16N4/c1-17-7-4-10(5-8-17)12-15-9-11-3-2-6-14-13(11)16-12/h2-3,6,9-10H,4-5,7-8H2,1H3. The molecule has 0 atom stereocenters. The summed E-state index contributed by atoms with van der Waals surface area (Å²) in [5.41, 5.74) is 0.816. The number of hydrogen-bond donors (Lipinski definition) is 0. The van der Waals surface area contributed by atoms with Crippen molar-refractivity contribution in [3.8, 4) is 0 Å². The Bertz CT molecular complexity index is 518. The maximum Gasteiger partial charge on any atom is 0.162 e. The van der Waals surface area contributed by atoms with Crippen LogP contribution in [0.25, 0.3) is 11.0 Å². The van der Waals surface area contributed by atoms with E-state index in [1.54, 1.807) is 6.20 Å². The van der Waals surface area contributed by atoms with Crippen molar-refractivity contribution in [3.63, 3.8) is 0 Å². The van der Waals surface area contributed by atoms with Gasteiger partial charge in [-0.3, -0.25) is 0 Å². The van der Waals surface area contributed by atoms with E-state index < -0.39 is 0 Å². The first-order chi connectivity index (χ1) is 8.33. The van der Waals surface area contributed by atoms with E-state index in [4.69, 9.17) is 0 Å². The van der Waals surface area contributed by atoms with Crippen LogP contribution in [0, 0.1) is 0 Å². The van der Waals surface area contributed by atoms with Crippen LogP contribution in [0.5, 0.6) is 0 Å². The van der Waals surface area contributed by atoms with Gasteiger partial charge in [0.1, 0.15) is 5.82 Å². The second-order valence-corrected chi connectivity index (χ2v) is 4.72. The Morgan fingerprint density at radius 3 is 2.88 bits per heavy atom. The van der Waals surface area contributed by atoms with Gasteiger partial charge in [0, 0.05) is 23.7 Å². The van der Waals surface area contributed by atoms with Crippen molar-refractivity contribution in [3.05, 3.63) is 30.4 Å². The quantitative estimate of drug-likeness (QED) is 0.747. The molecule has 0 saturated carbocycles. The summed E-state index contributed by atoms with van der Waals surface area (Å²) in [4.78, 5) is 15.7. The molecule has 0 unspecified atom stereocenters. The zero-order valence-corrected chi connectivity index (χ0v) is 10.0. The average Bonchev–Trinajstić information content (AvgIpc) is 2.39. The number of pyridine rings is 1. The molecule has 3 heterocycles. The van der Waals surface area contributed by atoms with Crippen LogP contribution in [0.3, 0.4) is 0 Å². The van der Waals surface area contributed by atoms with E-state index in [9.17, 15) is 0 Å². The van der Waals surface area contributed by atoms with Gasteiger partial charge in [-0.1, -0.05) is 0 Å². The molecule has 1 fully saturated rings. The summed E-state index contributed by atoms with van der Waals surface area (Å²) in [7, 11) is 2.17. The summed E-state index contributed by atoms with van der Waals surface area (Å²) in [5.74, 6) is 1.46. The maximum atomic E-state index is 4.58. The molecule has 0 aliphatic carbocycles. The van der Waals surface area contributed by atoms with Crippen LogP contribution in [0.2, 0.25) is 0 Å². The lowest BCUT2D eigenvalue weighted by molar-refractivity contribution is 0.251. The van der Waals surface area contributed by atoms with E-state index in [2.05, 4.69) is 26.9 Å². The minimum Gasteiger partial charge on any atom is -0.306 e. The van der Waals surface area contributed by atoms with Crippen molar-refractivity contribution >= 4 is 11.0 Å². The molecule has 2 aromatic rings. The fraction of sp³-hybridized carbons (Fsp3) is 0.462. The number of nitrogens with zero attached hydrogens (tertiary/aromatic N) is 4. The normalized spacial score (nSPS) is 18.6. The molecule has 0 amide bonds. The average molecular weight is 228 g/mol. The fourth-order valence-electron chi connectivity index (χ4n) is 2.34. The van der Waals surface area contributed by atoms with Crippen molar-refractivity contribution in [2.24, 2.45) is 0 Å². The minimum atomic E-state index is 0.498. The maximum absolute atomic E-state index is 4.58. The van der Waals surface area contributed by atoms with Gasteiger partial charge in [0.05, 0.1) is 0 Å². The van der Waals surface area contributed by atoms with Gasteiger partial charge in [-0.05, 0) is 45.1 Å². The number of hydrogen-bond acceptors (Lipinski definition) is 4. The van der Waals surface area contributed by atoms with E-state index in [0.717, 1.165) is 42.8 Å². The highest BCUT2D eigenvalue weighted by Gasteiger charge is 2.20. The molecule has 2 aromatic heterocycles. The van der Waals surface area contributed by atoms with Gasteiger partial charge in [-0.15, -0.1) is 0 Å². The van der Waals surface area contributed by atoms with Crippen LogP contribution in [-0.4, -0.2) is 40.0 Å². The van der Waals surface area contributed by atoms with Gasteiger partial charge in [0.2, 0.25) is 0 Å². The first-order valence-electron chi connectivity index (χ1n) is 6.09. The molecule has 0 N–H and O–H groups in total. The third kappa shape index (κ3) is 2.13. The Balaban J connectivity index is 1.90. The molecular formula is C13H16N4. The number of rotatable bonds is 1. The van der Waals surface area contributed by atoms with Crippen molar-refractivity contribution in [1.82, 2.24) is 19.9 Å². The van der Waals surface area contributed by atoms with Crippen molar-refractivity contribution in [2.45, 2.75) is 18.8 Å². The predicted octanol–water partition coefficient (Wildman–Crippen LogP) is 1.83. The molecule has 0 spiro atoms. The Morgan fingerprint density at radius 2 is 2.06 bits per heavy atom. The summed E-state index contributed by atoms with van der Waals surface area (Å²) in [6, 6.07) is 3.92. The Kier molecular flexibility index (Phi) is 2.73. The summed E-state index contributed by atoms with van der Waals surface area (Å²) in [6.45, 7) is 2.27. The summed E-state index contributed by atoms with van der Waals surface area (Å²) in [5, 5.41) is 1.02. The van der Waals surface area contributed by atoms with Crippen molar-refractivity contribution < 1.29 is 0 Å². The van der Waals surface area contributed by atoms with Gasteiger partial charge < -0.3 is 4.90 Å². The van der Waals surface area contributed by atoms with Crippen LogP contribution in [0.15, 0.2) is 24.5 Å². The predicted molar refractivity (Wildman–Crippen MR) is 66.8 cm³/mol. The van der Waals surface area contributed by atoms with Crippen LogP contribution >= 0.6 is 0 Å².